The standard InChI is InChI=1S/C23H46NO2/c1-5-9-11-12-13-14-15-16-17-18-20-24(8-4,19-10-6-2)21-22-26-23(25)7-3/h7H,3,5-6,8-22H2,1-2,4H3/q+1. The van der Waals surface area contributed by atoms with Gasteiger partial charge in [-0.3, -0.25) is 0 Å². The molecule has 0 radical (unpaired) electrons. The number of rotatable bonds is 19. The largest absolute Gasteiger partial charge is 0.457 e. The Labute approximate surface area is 163 Å². The van der Waals surface area contributed by atoms with Gasteiger partial charge in [-0.2, -0.15) is 0 Å². The van der Waals surface area contributed by atoms with Gasteiger partial charge in [0.2, 0.25) is 0 Å². The average Bonchev–Trinajstić information content (AvgIpc) is 2.66. The molecule has 3 nitrogen and oxygen atoms in total. The van der Waals surface area contributed by atoms with E-state index in [1.807, 2.05) is 0 Å². The van der Waals surface area contributed by atoms with Crippen LogP contribution in [0.1, 0.15) is 97.8 Å². The van der Waals surface area contributed by atoms with Gasteiger partial charge in [0, 0.05) is 6.08 Å². The molecule has 154 valence electrons. The van der Waals surface area contributed by atoms with Crippen LogP contribution < -0.4 is 0 Å². The smallest absolute Gasteiger partial charge is 0.330 e. The molecule has 0 amide bonds. The Morgan fingerprint density at radius 2 is 1.27 bits per heavy atom. The van der Waals surface area contributed by atoms with Crippen LogP contribution in [0.5, 0.6) is 0 Å². The summed E-state index contributed by atoms with van der Waals surface area (Å²) in [6.45, 7) is 15.3. The van der Waals surface area contributed by atoms with Gasteiger partial charge in [-0.05, 0) is 26.2 Å². The van der Waals surface area contributed by atoms with Crippen LogP contribution in [-0.2, 0) is 9.53 Å². The molecular weight excluding hydrogens is 322 g/mol. The van der Waals surface area contributed by atoms with E-state index in [9.17, 15) is 4.79 Å². The van der Waals surface area contributed by atoms with Crippen LogP contribution in [0.15, 0.2) is 12.7 Å². The fraction of sp³-hybridized carbons (Fsp3) is 0.870. The van der Waals surface area contributed by atoms with Gasteiger partial charge < -0.3 is 9.22 Å². The Morgan fingerprint density at radius 1 is 0.769 bits per heavy atom. The van der Waals surface area contributed by atoms with Crippen molar-refractivity contribution in [1.82, 2.24) is 0 Å². The fourth-order valence-corrected chi connectivity index (χ4v) is 3.64. The highest BCUT2D eigenvalue weighted by Crippen LogP contribution is 2.15. The minimum Gasteiger partial charge on any atom is -0.457 e. The highest BCUT2D eigenvalue weighted by molar-refractivity contribution is 5.81. The first kappa shape index (κ1) is 25.2. The number of esters is 1. The van der Waals surface area contributed by atoms with Crippen LogP contribution in [0.4, 0.5) is 0 Å². The Balaban J connectivity index is 4.01. The van der Waals surface area contributed by atoms with Gasteiger partial charge in [0.05, 0.1) is 19.6 Å². The summed E-state index contributed by atoms with van der Waals surface area (Å²) in [5.74, 6) is -0.298. The first-order chi connectivity index (χ1) is 12.6. The van der Waals surface area contributed by atoms with Gasteiger partial charge in [-0.15, -0.1) is 0 Å². The Hall–Kier alpha value is -0.830. The third-order valence-corrected chi connectivity index (χ3v) is 5.62. The number of likely N-dealkylation sites (N-methyl/N-ethyl adjacent to an activating group) is 1. The summed E-state index contributed by atoms with van der Waals surface area (Å²) in [4.78, 5) is 11.3. The molecule has 0 aromatic carbocycles. The molecular formula is C23H46NO2+. The lowest BCUT2D eigenvalue weighted by Gasteiger charge is -2.38. The van der Waals surface area contributed by atoms with Gasteiger partial charge in [0.1, 0.15) is 13.2 Å². The zero-order valence-corrected chi connectivity index (χ0v) is 18.1. The average molecular weight is 369 g/mol. The van der Waals surface area contributed by atoms with Gasteiger partial charge in [-0.25, -0.2) is 4.79 Å². The molecule has 0 spiro atoms. The van der Waals surface area contributed by atoms with Crippen molar-refractivity contribution < 1.29 is 14.0 Å². The number of carbonyl (C=O) groups excluding carboxylic acids is 1. The lowest BCUT2D eigenvalue weighted by molar-refractivity contribution is -0.927. The van der Waals surface area contributed by atoms with E-state index >= 15 is 0 Å². The van der Waals surface area contributed by atoms with E-state index in [2.05, 4.69) is 27.4 Å². The van der Waals surface area contributed by atoms with E-state index in [4.69, 9.17) is 4.74 Å². The maximum absolute atomic E-state index is 11.3. The minimum absolute atomic E-state index is 0.298. The van der Waals surface area contributed by atoms with Gasteiger partial charge in [0.25, 0.3) is 0 Å². The van der Waals surface area contributed by atoms with Crippen molar-refractivity contribution >= 4 is 5.97 Å². The molecule has 0 saturated carbocycles. The van der Waals surface area contributed by atoms with Crippen molar-refractivity contribution in [3.63, 3.8) is 0 Å². The third kappa shape index (κ3) is 13.4. The molecule has 0 bridgehead atoms. The second-order valence-corrected chi connectivity index (χ2v) is 7.74. The molecule has 3 heteroatoms. The van der Waals surface area contributed by atoms with Crippen LogP contribution in [0.2, 0.25) is 0 Å². The monoisotopic (exact) mass is 368 g/mol. The van der Waals surface area contributed by atoms with Crippen LogP contribution in [0.3, 0.4) is 0 Å². The van der Waals surface area contributed by atoms with Crippen molar-refractivity contribution in [2.24, 2.45) is 0 Å². The summed E-state index contributed by atoms with van der Waals surface area (Å²) in [7, 11) is 0. The number of carbonyl (C=O) groups is 1. The topological polar surface area (TPSA) is 26.3 Å². The molecule has 0 aliphatic carbocycles. The first-order valence-electron chi connectivity index (χ1n) is 11.3. The van der Waals surface area contributed by atoms with Crippen molar-refractivity contribution in [3.8, 4) is 0 Å². The Kier molecular flexibility index (Phi) is 17.0. The molecule has 0 rings (SSSR count). The number of unbranched alkanes of at least 4 members (excludes halogenated alkanes) is 10. The molecule has 0 saturated heterocycles. The second kappa shape index (κ2) is 17.6. The molecule has 0 aliphatic heterocycles. The summed E-state index contributed by atoms with van der Waals surface area (Å²) < 4.78 is 6.35. The van der Waals surface area contributed by atoms with Crippen molar-refractivity contribution in [3.05, 3.63) is 12.7 Å². The quantitative estimate of drug-likeness (QED) is 0.116. The first-order valence-corrected chi connectivity index (χ1v) is 11.3. The van der Waals surface area contributed by atoms with Gasteiger partial charge in [-0.1, -0.05) is 78.2 Å². The summed E-state index contributed by atoms with van der Waals surface area (Å²) in [6.07, 6.45) is 17.5. The normalized spacial score (nSPS) is 13.3. The minimum atomic E-state index is -0.298. The summed E-state index contributed by atoms with van der Waals surface area (Å²) in [5, 5.41) is 0. The molecule has 26 heavy (non-hydrogen) atoms. The third-order valence-electron chi connectivity index (χ3n) is 5.62. The molecule has 1 unspecified atom stereocenters. The highest BCUT2D eigenvalue weighted by Gasteiger charge is 2.24. The molecule has 0 fully saturated rings. The van der Waals surface area contributed by atoms with Gasteiger partial charge >= 0.3 is 5.97 Å². The van der Waals surface area contributed by atoms with E-state index < -0.39 is 0 Å². The Morgan fingerprint density at radius 3 is 1.77 bits per heavy atom. The lowest BCUT2D eigenvalue weighted by atomic mass is 10.1. The number of hydrogen-bond donors (Lipinski definition) is 0. The van der Waals surface area contributed by atoms with Crippen molar-refractivity contribution in [1.29, 1.82) is 0 Å². The number of ether oxygens (including phenoxy) is 1. The molecule has 1 atom stereocenters. The van der Waals surface area contributed by atoms with Crippen molar-refractivity contribution in [2.75, 3.05) is 32.8 Å². The highest BCUT2D eigenvalue weighted by atomic mass is 16.5. The molecule has 0 aromatic rings. The SMILES string of the molecule is C=CC(=O)OCC[N+](CC)(CCCC)CCCCCCCCCCCC. The van der Waals surface area contributed by atoms with E-state index in [1.165, 1.54) is 96.2 Å². The van der Waals surface area contributed by atoms with Crippen LogP contribution in [-0.4, -0.2) is 43.2 Å². The van der Waals surface area contributed by atoms with Crippen molar-refractivity contribution in [2.45, 2.75) is 97.8 Å². The zero-order valence-electron chi connectivity index (χ0n) is 18.1. The summed E-state index contributed by atoms with van der Waals surface area (Å²) >= 11 is 0. The molecule has 0 aliphatic rings. The van der Waals surface area contributed by atoms with Crippen LogP contribution in [0, 0.1) is 0 Å². The van der Waals surface area contributed by atoms with E-state index in [-0.39, 0.29) is 5.97 Å². The summed E-state index contributed by atoms with van der Waals surface area (Å²) in [6, 6.07) is 0. The number of hydrogen-bond acceptors (Lipinski definition) is 2. The van der Waals surface area contributed by atoms with Crippen LogP contribution in [0.25, 0.3) is 0 Å². The maximum atomic E-state index is 11.3. The van der Waals surface area contributed by atoms with E-state index in [1.54, 1.807) is 0 Å². The van der Waals surface area contributed by atoms with E-state index in [0.29, 0.717) is 6.61 Å². The van der Waals surface area contributed by atoms with Gasteiger partial charge in [0.15, 0.2) is 0 Å². The maximum Gasteiger partial charge on any atom is 0.330 e. The second-order valence-electron chi connectivity index (χ2n) is 7.74. The molecule has 0 heterocycles. The number of quaternary nitrogens is 1. The predicted octanol–water partition coefficient (Wildman–Crippen LogP) is 6.27. The molecule has 0 aromatic heterocycles. The Bertz CT molecular complexity index is 343. The zero-order chi connectivity index (χ0) is 19.5. The number of nitrogens with zero attached hydrogens (tertiary/aromatic N) is 1. The summed E-state index contributed by atoms with van der Waals surface area (Å²) in [5.41, 5.74) is 0. The molecule has 0 N–H and O–H groups in total. The van der Waals surface area contributed by atoms with E-state index in [0.717, 1.165) is 17.6 Å². The fourth-order valence-electron chi connectivity index (χ4n) is 3.64. The van der Waals surface area contributed by atoms with Crippen LogP contribution >= 0.6 is 0 Å². The lowest BCUT2D eigenvalue weighted by Crippen LogP contribution is -2.51. The predicted molar refractivity (Wildman–Crippen MR) is 113 cm³/mol.